The summed E-state index contributed by atoms with van der Waals surface area (Å²) in [6.07, 6.45) is 0. The fourth-order valence-electron chi connectivity index (χ4n) is 3.34. The van der Waals surface area contributed by atoms with Gasteiger partial charge in [-0.15, -0.1) is 0 Å². The summed E-state index contributed by atoms with van der Waals surface area (Å²) >= 11 is 7.36. The van der Waals surface area contributed by atoms with E-state index in [2.05, 4.69) is 15.6 Å². The summed E-state index contributed by atoms with van der Waals surface area (Å²) in [5.74, 6) is -0.0302. The fourth-order valence-corrected chi connectivity index (χ4v) is 4.49. The molecule has 8 nitrogen and oxygen atoms in total. The number of fused-ring (bicyclic) bond motifs is 1. The topological polar surface area (TPSA) is 102 Å². The first-order valence-corrected chi connectivity index (χ1v) is 11.4. The second kappa shape index (κ2) is 9.74. The molecule has 0 fully saturated rings. The molecule has 0 bridgehead atoms. The Hall–Kier alpha value is -2.52. The number of halogens is 1. The Morgan fingerprint density at radius 3 is 2.77 bits per heavy atom. The standard InChI is InChI=1S/C21H25ClN4O4S/c1-5-30-19(28)17-12(4)23-20(29)24-16(17)10-31-21-25-15-7-6-13(22)8-14(15)18(27)26(21)9-11(2)3/h6-8,11-12H,5,9-10H2,1-4H3,(H2,23,24,29)/t12-/m1/s1. The van der Waals surface area contributed by atoms with Crippen molar-refractivity contribution < 1.29 is 14.3 Å². The van der Waals surface area contributed by atoms with Gasteiger partial charge in [-0.3, -0.25) is 9.36 Å². The molecule has 0 spiro atoms. The smallest absolute Gasteiger partial charge is 0.337 e. The molecule has 0 radical (unpaired) electrons. The molecule has 0 unspecified atom stereocenters. The van der Waals surface area contributed by atoms with E-state index < -0.39 is 18.0 Å². The van der Waals surface area contributed by atoms with Gasteiger partial charge in [-0.25, -0.2) is 14.6 Å². The van der Waals surface area contributed by atoms with Crippen LogP contribution in [-0.2, 0) is 16.1 Å². The highest BCUT2D eigenvalue weighted by atomic mass is 35.5. The summed E-state index contributed by atoms with van der Waals surface area (Å²) in [7, 11) is 0. The predicted molar refractivity (Wildman–Crippen MR) is 121 cm³/mol. The summed E-state index contributed by atoms with van der Waals surface area (Å²) in [6, 6.07) is 4.13. The molecule has 2 N–H and O–H groups in total. The largest absolute Gasteiger partial charge is 0.463 e. The molecule has 2 aromatic rings. The number of ether oxygens (including phenoxy) is 1. The lowest BCUT2D eigenvalue weighted by atomic mass is 10.1. The number of carbonyl (C=O) groups excluding carboxylic acids is 2. The van der Waals surface area contributed by atoms with Crippen LogP contribution in [0.3, 0.4) is 0 Å². The van der Waals surface area contributed by atoms with Crippen molar-refractivity contribution in [1.82, 2.24) is 20.2 Å². The quantitative estimate of drug-likeness (QED) is 0.370. The normalized spacial score (nSPS) is 16.5. The molecule has 2 heterocycles. The van der Waals surface area contributed by atoms with Crippen molar-refractivity contribution in [2.24, 2.45) is 5.92 Å². The van der Waals surface area contributed by atoms with Gasteiger partial charge >= 0.3 is 12.0 Å². The first kappa shape index (κ1) is 23.1. The van der Waals surface area contributed by atoms with Gasteiger partial charge in [-0.2, -0.15) is 0 Å². The minimum absolute atomic E-state index is 0.175. The Balaban J connectivity index is 2.02. The fraction of sp³-hybridized carbons (Fsp3) is 0.429. The number of rotatable bonds is 7. The lowest BCUT2D eigenvalue weighted by Crippen LogP contribution is -2.49. The highest BCUT2D eigenvalue weighted by molar-refractivity contribution is 7.99. The number of hydrogen-bond acceptors (Lipinski definition) is 6. The van der Waals surface area contributed by atoms with Crippen molar-refractivity contribution in [3.05, 3.63) is 44.8 Å². The van der Waals surface area contributed by atoms with Gasteiger partial charge in [0.2, 0.25) is 0 Å². The molecule has 1 aromatic carbocycles. The maximum Gasteiger partial charge on any atom is 0.337 e. The van der Waals surface area contributed by atoms with Gasteiger partial charge in [0, 0.05) is 23.0 Å². The predicted octanol–water partition coefficient (Wildman–Crippen LogP) is 3.32. The zero-order valence-electron chi connectivity index (χ0n) is 17.8. The third-order valence-electron chi connectivity index (χ3n) is 4.64. The Bertz CT molecular complexity index is 1110. The van der Waals surface area contributed by atoms with Crippen molar-refractivity contribution in [2.45, 2.75) is 45.4 Å². The molecular formula is C21H25ClN4O4S. The van der Waals surface area contributed by atoms with Crippen molar-refractivity contribution in [2.75, 3.05) is 12.4 Å². The van der Waals surface area contributed by atoms with Gasteiger partial charge < -0.3 is 15.4 Å². The molecule has 1 atom stereocenters. The van der Waals surface area contributed by atoms with E-state index in [-0.39, 0.29) is 23.8 Å². The summed E-state index contributed by atoms with van der Waals surface area (Å²) in [5, 5.41) is 6.80. The Labute approximate surface area is 189 Å². The summed E-state index contributed by atoms with van der Waals surface area (Å²) < 4.78 is 6.77. The van der Waals surface area contributed by atoms with E-state index >= 15 is 0 Å². The first-order valence-electron chi connectivity index (χ1n) is 10.0. The zero-order chi connectivity index (χ0) is 22.7. The first-order chi connectivity index (χ1) is 14.7. The van der Waals surface area contributed by atoms with Crippen molar-refractivity contribution in [3.8, 4) is 0 Å². The van der Waals surface area contributed by atoms with Gasteiger partial charge in [0.05, 0.1) is 29.1 Å². The average molecular weight is 465 g/mol. The van der Waals surface area contributed by atoms with Crippen LogP contribution < -0.4 is 16.2 Å². The van der Waals surface area contributed by atoms with Crippen LogP contribution in [0.2, 0.25) is 5.02 Å². The second-order valence-corrected chi connectivity index (χ2v) is 8.97. The molecule has 10 heteroatoms. The number of benzene rings is 1. The number of carbonyl (C=O) groups is 2. The van der Waals surface area contributed by atoms with Crippen LogP contribution >= 0.6 is 23.4 Å². The third-order valence-corrected chi connectivity index (χ3v) is 5.88. The van der Waals surface area contributed by atoms with Crippen LogP contribution in [-0.4, -0.2) is 40.0 Å². The second-order valence-electron chi connectivity index (χ2n) is 7.59. The zero-order valence-corrected chi connectivity index (χ0v) is 19.4. The minimum Gasteiger partial charge on any atom is -0.463 e. The Morgan fingerprint density at radius 2 is 2.10 bits per heavy atom. The van der Waals surface area contributed by atoms with Crippen LogP contribution in [0.25, 0.3) is 10.9 Å². The van der Waals surface area contributed by atoms with Crippen LogP contribution in [0.5, 0.6) is 0 Å². The summed E-state index contributed by atoms with van der Waals surface area (Å²) in [6.45, 7) is 8.18. The van der Waals surface area contributed by atoms with Crippen molar-refractivity contribution in [3.63, 3.8) is 0 Å². The van der Waals surface area contributed by atoms with E-state index in [0.717, 1.165) is 0 Å². The molecule has 0 saturated carbocycles. The third kappa shape index (κ3) is 5.22. The molecule has 31 heavy (non-hydrogen) atoms. The number of amides is 2. The summed E-state index contributed by atoms with van der Waals surface area (Å²) in [4.78, 5) is 42.2. The minimum atomic E-state index is -0.493. The molecule has 1 aromatic heterocycles. The Morgan fingerprint density at radius 1 is 1.35 bits per heavy atom. The van der Waals surface area contributed by atoms with E-state index in [0.29, 0.717) is 38.9 Å². The summed E-state index contributed by atoms with van der Waals surface area (Å²) in [5.41, 5.74) is 1.17. The number of nitrogens with one attached hydrogen (secondary N) is 2. The molecule has 2 amide bonds. The van der Waals surface area contributed by atoms with Gasteiger partial charge in [0.15, 0.2) is 5.16 Å². The van der Waals surface area contributed by atoms with Crippen LogP contribution in [0, 0.1) is 5.92 Å². The molecule has 3 rings (SSSR count). The van der Waals surface area contributed by atoms with E-state index in [1.54, 1.807) is 36.6 Å². The molecular weight excluding hydrogens is 440 g/mol. The Kier molecular flexibility index (Phi) is 7.27. The number of hydrogen-bond donors (Lipinski definition) is 2. The van der Waals surface area contributed by atoms with Gasteiger partial charge in [-0.1, -0.05) is 37.2 Å². The maximum atomic E-state index is 13.1. The lowest BCUT2D eigenvalue weighted by Gasteiger charge is -2.26. The van der Waals surface area contributed by atoms with E-state index in [4.69, 9.17) is 16.3 Å². The highest BCUT2D eigenvalue weighted by Crippen LogP contribution is 2.25. The van der Waals surface area contributed by atoms with E-state index in [1.165, 1.54) is 11.8 Å². The van der Waals surface area contributed by atoms with Crippen molar-refractivity contribution >= 4 is 46.3 Å². The number of nitrogens with zero attached hydrogens (tertiary/aromatic N) is 2. The van der Waals surface area contributed by atoms with Crippen LogP contribution in [0.4, 0.5) is 4.79 Å². The molecule has 0 aliphatic carbocycles. The SMILES string of the molecule is CCOC(=O)C1=C(CSc2nc3ccc(Cl)cc3c(=O)n2CC(C)C)NC(=O)N[C@@H]1C. The van der Waals surface area contributed by atoms with Crippen molar-refractivity contribution in [1.29, 1.82) is 0 Å². The van der Waals surface area contributed by atoms with Gasteiger partial charge in [0.1, 0.15) is 0 Å². The van der Waals surface area contributed by atoms with Crippen LogP contribution in [0.1, 0.15) is 27.7 Å². The van der Waals surface area contributed by atoms with E-state index in [9.17, 15) is 14.4 Å². The number of urea groups is 1. The average Bonchev–Trinajstić information content (AvgIpc) is 2.68. The van der Waals surface area contributed by atoms with Crippen LogP contribution in [0.15, 0.2) is 39.4 Å². The molecule has 1 aliphatic rings. The molecule has 166 valence electrons. The number of aromatic nitrogens is 2. The maximum absolute atomic E-state index is 13.1. The monoisotopic (exact) mass is 464 g/mol. The van der Waals surface area contributed by atoms with E-state index in [1.807, 2.05) is 13.8 Å². The lowest BCUT2D eigenvalue weighted by molar-refractivity contribution is -0.138. The number of esters is 1. The molecule has 1 aliphatic heterocycles. The number of thioether (sulfide) groups is 1. The van der Waals surface area contributed by atoms with Gasteiger partial charge in [-0.05, 0) is 38.0 Å². The highest BCUT2D eigenvalue weighted by Gasteiger charge is 2.30. The van der Waals surface area contributed by atoms with Gasteiger partial charge in [0.25, 0.3) is 5.56 Å². The molecule has 0 saturated heterocycles.